The largest absolute Gasteiger partial charge is 0.325 e. The van der Waals surface area contributed by atoms with Crippen molar-refractivity contribution in [1.82, 2.24) is 20.2 Å². The number of aromatic nitrogens is 4. The number of amides is 1. The molecule has 0 unspecified atom stereocenters. The minimum absolute atomic E-state index is 0.0660. The summed E-state index contributed by atoms with van der Waals surface area (Å²) in [5.74, 6) is -0.0660. The van der Waals surface area contributed by atoms with Gasteiger partial charge in [-0.05, 0) is 41.8 Å². The van der Waals surface area contributed by atoms with Gasteiger partial charge in [-0.2, -0.15) is 0 Å². The average Bonchev–Trinajstić information content (AvgIpc) is 3.42. The Labute approximate surface area is 156 Å². The van der Waals surface area contributed by atoms with Crippen molar-refractivity contribution in [2.24, 2.45) is 0 Å². The minimum atomic E-state index is -0.303. The molecule has 0 aliphatic heterocycles. The van der Waals surface area contributed by atoms with Gasteiger partial charge in [0.15, 0.2) is 0 Å². The van der Waals surface area contributed by atoms with E-state index in [9.17, 15) is 4.79 Å². The molecule has 1 atom stereocenters. The lowest BCUT2D eigenvalue weighted by molar-refractivity contribution is -0.115. The lowest BCUT2D eigenvalue weighted by Gasteiger charge is -2.14. The lowest BCUT2D eigenvalue weighted by Crippen LogP contribution is -2.23. The molecule has 1 aliphatic carbocycles. The molecule has 1 aliphatic rings. The molecular weight excluding hydrogens is 346 g/mol. The quantitative estimate of drug-likeness (QED) is 0.673. The number of anilines is 1. The smallest absolute Gasteiger partial charge is 0.237 e. The zero-order valence-electron chi connectivity index (χ0n) is 14.4. The number of thioether (sulfide) groups is 1. The van der Waals surface area contributed by atoms with Crippen LogP contribution in [0.4, 0.5) is 5.69 Å². The highest BCUT2D eigenvalue weighted by Gasteiger charge is 2.29. The maximum atomic E-state index is 12.7. The highest BCUT2D eigenvalue weighted by atomic mass is 32.2. The highest BCUT2D eigenvalue weighted by Crippen LogP contribution is 2.37. The van der Waals surface area contributed by atoms with Gasteiger partial charge in [0, 0.05) is 11.3 Å². The summed E-state index contributed by atoms with van der Waals surface area (Å²) in [4.78, 5) is 12.7. The second-order valence-electron chi connectivity index (χ2n) is 6.30. The number of rotatable bonds is 6. The van der Waals surface area contributed by atoms with E-state index in [2.05, 4.69) is 20.8 Å². The van der Waals surface area contributed by atoms with Crippen LogP contribution < -0.4 is 5.32 Å². The number of carbonyl (C=O) groups is 1. The van der Waals surface area contributed by atoms with E-state index in [4.69, 9.17) is 0 Å². The fourth-order valence-electron chi connectivity index (χ4n) is 2.72. The van der Waals surface area contributed by atoms with Crippen molar-refractivity contribution < 1.29 is 4.79 Å². The van der Waals surface area contributed by atoms with Crippen LogP contribution in [0.5, 0.6) is 0 Å². The number of carbonyl (C=O) groups excluding carboxylic acids is 1. The van der Waals surface area contributed by atoms with Gasteiger partial charge < -0.3 is 5.32 Å². The van der Waals surface area contributed by atoms with E-state index in [1.807, 2.05) is 66.2 Å². The topological polar surface area (TPSA) is 72.7 Å². The molecule has 0 spiro atoms. The first-order valence-electron chi connectivity index (χ1n) is 8.62. The number of hydrogen-bond donors (Lipinski definition) is 1. The Balaban J connectivity index is 1.49. The standard InChI is InChI=1S/C19H19N5OS/c1-13(26-19-21-22-23-24(19)15-11-12-15)18(25)20-17-10-6-5-9-16(17)14-7-3-2-4-8-14/h2-10,13,15H,11-12H2,1H3,(H,20,25)/t13-/m0/s1. The zero-order valence-corrected chi connectivity index (χ0v) is 15.2. The number of hydrogen-bond acceptors (Lipinski definition) is 5. The predicted molar refractivity (Wildman–Crippen MR) is 102 cm³/mol. The first-order chi connectivity index (χ1) is 12.7. The van der Waals surface area contributed by atoms with E-state index in [1.54, 1.807) is 0 Å². The fourth-order valence-corrected chi connectivity index (χ4v) is 3.58. The van der Waals surface area contributed by atoms with Gasteiger partial charge in [0.05, 0.1) is 11.3 Å². The summed E-state index contributed by atoms with van der Waals surface area (Å²) in [7, 11) is 0. The van der Waals surface area contributed by atoms with Crippen LogP contribution in [-0.2, 0) is 4.79 Å². The van der Waals surface area contributed by atoms with Crippen LogP contribution in [0, 0.1) is 0 Å². The van der Waals surface area contributed by atoms with E-state index in [-0.39, 0.29) is 11.2 Å². The number of nitrogens with one attached hydrogen (secondary N) is 1. The third-order valence-electron chi connectivity index (χ3n) is 4.28. The average molecular weight is 365 g/mol. The summed E-state index contributed by atoms with van der Waals surface area (Å²) in [6.07, 6.45) is 2.20. The van der Waals surface area contributed by atoms with Crippen LogP contribution in [-0.4, -0.2) is 31.4 Å². The molecule has 1 fully saturated rings. The molecule has 1 N–H and O–H groups in total. The van der Waals surface area contributed by atoms with Crippen LogP contribution in [0.1, 0.15) is 25.8 Å². The van der Waals surface area contributed by atoms with Gasteiger partial charge >= 0.3 is 0 Å². The second kappa shape index (κ2) is 7.29. The van der Waals surface area contributed by atoms with Crippen LogP contribution in [0.2, 0.25) is 0 Å². The van der Waals surface area contributed by atoms with Crippen molar-refractivity contribution in [2.75, 3.05) is 5.32 Å². The van der Waals surface area contributed by atoms with Gasteiger partial charge in [-0.1, -0.05) is 60.3 Å². The summed E-state index contributed by atoms with van der Waals surface area (Å²) in [6, 6.07) is 18.2. The maximum absolute atomic E-state index is 12.7. The Morgan fingerprint density at radius 3 is 2.65 bits per heavy atom. The third-order valence-corrected chi connectivity index (χ3v) is 5.32. The molecule has 4 rings (SSSR count). The van der Waals surface area contributed by atoms with Gasteiger partial charge in [-0.3, -0.25) is 4.79 Å². The Morgan fingerprint density at radius 2 is 1.88 bits per heavy atom. The van der Waals surface area contributed by atoms with Crippen LogP contribution in [0.15, 0.2) is 59.8 Å². The number of tetrazole rings is 1. The molecule has 0 bridgehead atoms. The number of benzene rings is 2. The molecule has 132 valence electrons. The van der Waals surface area contributed by atoms with Gasteiger partial charge in [-0.25, -0.2) is 4.68 Å². The molecule has 2 aromatic carbocycles. The minimum Gasteiger partial charge on any atom is -0.325 e. The van der Waals surface area contributed by atoms with E-state index in [0.717, 1.165) is 29.7 Å². The maximum Gasteiger partial charge on any atom is 0.237 e. The third kappa shape index (κ3) is 3.62. The van der Waals surface area contributed by atoms with Crippen LogP contribution in [0.25, 0.3) is 11.1 Å². The molecule has 1 amide bonds. The normalized spacial score (nSPS) is 14.8. The number of nitrogens with zero attached hydrogens (tertiary/aromatic N) is 4. The van der Waals surface area contributed by atoms with E-state index >= 15 is 0 Å². The summed E-state index contributed by atoms with van der Waals surface area (Å²) in [5.41, 5.74) is 2.88. The van der Waals surface area contributed by atoms with Crippen LogP contribution >= 0.6 is 11.8 Å². The molecule has 26 heavy (non-hydrogen) atoms. The Kier molecular flexibility index (Phi) is 4.71. The van der Waals surface area contributed by atoms with Crippen molar-refractivity contribution in [2.45, 2.75) is 36.2 Å². The zero-order chi connectivity index (χ0) is 17.9. The van der Waals surface area contributed by atoms with Crippen molar-refractivity contribution in [3.05, 3.63) is 54.6 Å². The monoisotopic (exact) mass is 365 g/mol. The summed E-state index contributed by atoms with van der Waals surface area (Å²) in [6.45, 7) is 1.87. The highest BCUT2D eigenvalue weighted by molar-refractivity contribution is 8.00. The molecule has 6 nitrogen and oxygen atoms in total. The fraction of sp³-hybridized carbons (Fsp3) is 0.263. The molecule has 3 aromatic rings. The molecular formula is C19H19N5OS. The molecule has 1 aromatic heterocycles. The van der Waals surface area contributed by atoms with Crippen molar-refractivity contribution in [3.8, 4) is 11.1 Å². The first-order valence-corrected chi connectivity index (χ1v) is 9.50. The summed E-state index contributed by atoms with van der Waals surface area (Å²) < 4.78 is 1.83. The Morgan fingerprint density at radius 1 is 1.15 bits per heavy atom. The number of para-hydroxylation sites is 1. The lowest BCUT2D eigenvalue weighted by atomic mass is 10.0. The molecule has 0 saturated heterocycles. The van der Waals surface area contributed by atoms with Gasteiger partial charge in [-0.15, -0.1) is 5.10 Å². The molecule has 0 radical (unpaired) electrons. The van der Waals surface area contributed by atoms with E-state index in [1.165, 1.54) is 11.8 Å². The molecule has 1 heterocycles. The van der Waals surface area contributed by atoms with Crippen LogP contribution in [0.3, 0.4) is 0 Å². The van der Waals surface area contributed by atoms with Crippen molar-refractivity contribution in [1.29, 1.82) is 0 Å². The second-order valence-corrected chi connectivity index (χ2v) is 7.61. The Bertz CT molecular complexity index is 907. The first kappa shape index (κ1) is 16.8. The summed E-state index contributed by atoms with van der Waals surface area (Å²) >= 11 is 1.39. The van der Waals surface area contributed by atoms with Gasteiger partial charge in [0.2, 0.25) is 11.1 Å². The molecule has 1 saturated carbocycles. The Hall–Kier alpha value is -2.67. The predicted octanol–water partition coefficient (Wildman–Crippen LogP) is 3.79. The van der Waals surface area contributed by atoms with Gasteiger partial charge in [0.1, 0.15) is 0 Å². The summed E-state index contributed by atoms with van der Waals surface area (Å²) in [5, 5.41) is 15.3. The van der Waals surface area contributed by atoms with Gasteiger partial charge in [0.25, 0.3) is 0 Å². The van der Waals surface area contributed by atoms with E-state index in [0.29, 0.717) is 11.2 Å². The molecule has 7 heteroatoms. The van der Waals surface area contributed by atoms with E-state index < -0.39 is 0 Å². The van der Waals surface area contributed by atoms with Crippen molar-refractivity contribution in [3.63, 3.8) is 0 Å². The SMILES string of the molecule is C[C@H](Sc1nnnn1C1CC1)C(=O)Nc1ccccc1-c1ccccc1. The van der Waals surface area contributed by atoms with Crippen molar-refractivity contribution >= 4 is 23.4 Å².